The monoisotopic (exact) mass is 261 g/mol. The number of ether oxygens (including phenoxy) is 1. The van der Waals surface area contributed by atoms with E-state index in [4.69, 9.17) is 4.74 Å². The van der Waals surface area contributed by atoms with Crippen LogP contribution in [0.1, 0.15) is 18.0 Å². The highest BCUT2D eigenvalue weighted by atomic mass is 16.5. The highest BCUT2D eigenvalue weighted by Crippen LogP contribution is 2.25. The molecule has 1 aromatic heterocycles. The zero-order valence-corrected chi connectivity index (χ0v) is 11.8. The topological polar surface area (TPSA) is 47.4 Å². The molecule has 0 aliphatic heterocycles. The fraction of sp³-hybridized carbons (Fsp3) is 0.429. The van der Waals surface area contributed by atoms with Crippen molar-refractivity contribution >= 4 is 17.0 Å². The molecule has 5 heteroatoms. The summed E-state index contributed by atoms with van der Waals surface area (Å²) in [6.07, 6.45) is 2.13. The smallest absolute Gasteiger partial charge is 0.307 e. The van der Waals surface area contributed by atoms with Crippen molar-refractivity contribution in [1.29, 1.82) is 0 Å². The van der Waals surface area contributed by atoms with Gasteiger partial charge in [-0.1, -0.05) is 6.07 Å². The van der Waals surface area contributed by atoms with Crippen LogP contribution in [0, 0.1) is 0 Å². The minimum absolute atomic E-state index is 0.00106. The van der Waals surface area contributed by atoms with E-state index >= 15 is 0 Å². The Morgan fingerprint density at radius 1 is 1.47 bits per heavy atom. The Hall–Kier alpha value is -1.88. The van der Waals surface area contributed by atoms with Crippen molar-refractivity contribution in [3.63, 3.8) is 0 Å². The van der Waals surface area contributed by atoms with Crippen LogP contribution in [0.5, 0.6) is 0 Å². The van der Waals surface area contributed by atoms with Gasteiger partial charge in [0.1, 0.15) is 0 Å². The van der Waals surface area contributed by atoms with E-state index in [9.17, 15) is 4.79 Å². The van der Waals surface area contributed by atoms with Gasteiger partial charge in [0, 0.05) is 13.1 Å². The summed E-state index contributed by atoms with van der Waals surface area (Å²) in [7, 11) is 7.29. The molecule has 0 saturated carbocycles. The number of benzene rings is 1. The van der Waals surface area contributed by atoms with Crippen LogP contribution in [0.4, 0.5) is 0 Å². The highest BCUT2D eigenvalue weighted by Gasteiger charge is 2.19. The highest BCUT2D eigenvalue weighted by molar-refractivity contribution is 5.76. The lowest BCUT2D eigenvalue weighted by molar-refractivity contribution is -0.141. The van der Waals surface area contributed by atoms with Crippen molar-refractivity contribution in [2.75, 3.05) is 21.2 Å². The third-order valence-electron chi connectivity index (χ3n) is 3.35. The fourth-order valence-electron chi connectivity index (χ4n) is 2.20. The van der Waals surface area contributed by atoms with Crippen molar-refractivity contribution in [1.82, 2.24) is 14.5 Å². The van der Waals surface area contributed by atoms with Crippen LogP contribution >= 0.6 is 0 Å². The second kappa shape index (κ2) is 5.40. The number of aromatic nitrogens is 2. The molecule has 1 heterocycles. The number of fused-ring (bicyclic) bond motifs is 1. The molecule has 0 N–H and O–H groups in total. The number of carbonyl (C=O) groups excluding carboxylic acids is 1. The van der Waals surface area contributed by atoms with Gasteiger partial charge in [-0.15, -0.1) is 0 Å². The van der Waals surface area contributed by atoms with Crippen LogP contribution < -0.4 is 0 Å². The second-order valence-electron chi connectivity index (χ2n) is 4.86. The Kier molecular flexibility index (Phi) is 3.85. The number of rotatable bonds is 4. The van der Waals surface area contributed by atoms with Crippen LogP contribution in [0.3, 0.4) is 0 Å². The molecule has 0 radical (unpaired) electrons. The Labute approximate surface area is 112 Å². The Morgan fingerprint density at radius 2 is 2.21 bits per heavy atom. The maximum atomic E-state index is 11.5. The van der Waals surface area contributed by atoms with Gasteiger partial charge < -0.3 is 14.2 Å². The molecular weight excluding hydrogens is 242 g/mol. The van der Waals surface area contributed by atoms with Crippen LogP contribution in [-0.4, -0.2) is 41.6 Å². The summed E-state index contributed by atoms with van der Waals surface area (Å²) in [6.45, 7) is 0. The van der Waals surface area contributed by atoms with Gasteiger partial charge in [0.05, 0.1) is 30.9 Å². The van der Waals surface area contributed by atoms with E-state index in [1.165, 1.54) is 7.11 Å². The molecule has 0 bridgehead atoms. The molecule has 0 aliphatic rings. The lowest BCUT2D eigenvalue weighted by Crippen LogP contribution is -2.23. The SMILES string of the molecule is COC(=O)CC(c1ccc2c(c1)ncn2C)N(C)C. The van der Waals surface area contributed by atoms with Gasteiger partial charge in [0.2, 0.25) is 0 Å². The summed E-state index contributed by atoms with van der Waals surface area (Å²) in [5, 5.41) is 0. The summed E-state index contributed by atoms with van der Waals surface area (Å²) in [5.74, 6) is -0.209. The average Bonchev–Trinajstić information content (AvgIpc) is 2.76. The minimum Gasteiger partial charge on any atom is -0.469 e. The summed E-state index contributed by atoms with van der Waals surface area (Å²) in [5.41, 5.74) is 3.10. The molecule has 1 aromatic carbocycles. The van der Waals surface area contributed by atoms with Gasteiger partial charge in [0.25, 0.3) is 0 Å². The molecule has 0 fully saturated rings. The first kappa shape index (κ1) is 13.5. The lowest BCUT2D eigenvalue weighted by atomic mass is 10.0. The first-order valence-corrected chi connectivity index (χ1v) is 6.17. The predicted octanol–water partition coefficient (Wildman–Crippen LogP) is 1.74. The van der Waals surface area contributed by atoms with Crippen molar-refractivity contribution in [2.24, 2.45) is 7.05 Å². The molecule has 1 atom stereocenters. The summed E-state index contributed by atoms with van der Waals surface area (Å²) in [6, 6.07) is 6.10. The van der Waals surface area contributed by atoms with Crippen molar-refractivity contribution in [3.05, 3.63) is 30.1 Å². The number of carbonyl (C=O) groups is 1. The second-order valence-corrected chi connectivity index (χ2v) is 4.86. The predicted molar refractivity (Wildman–Crippen MR) is 73.8 cm³/mol. The summed E-state index contributed by atoms with van der Waals surface area (Å²) < 4.78 is 6.73. The first-order chi connectivity index (χ1) is 9.02. The van der Waals surface area contributed by atoms with Gasteiger partial charge in [0.15, 0.2) is 0 Å². The molecule has 102 valence electrons. The van der Waals surface area contributed by atoms with E-state index in [0.717, 1.165) is 16.6 Å². The van der Waals surface area contributed by atoms with Crippen LogP contribution in [-0.2, 0) is 16.6 Å². The molecule has 5 nitrogen and oxygen atoms in total. The lowest BCUT2D eigenvalue weighted by Gasteiger charge is -2.23. The molecule has 19 heavy (non-hydrogen) atoms. The third kappa shape index (κ3) is 2.76. The average molecular weight is 261 g/mol. The van der Waals surface area contributed by atoms with Gasteiger partial charge in [-0.3, -0.25) is 4.79 Å². The molecule has 2 rings (SSSR count). The fourth-order valence-corrected chi connectivity index (χ4v) is 2.20. The van der Waals surface area contributed by atoms with Gasteiger partial charge in [-0.05, 0) is 31.8 Å². The molecule has 0 spiro atoms. The normalized spacial score (nSPS) is 12.9. The maximum Gasteiger partial charge on any atom is 0.307 e. The summed E-state index contributed by atoms with van der Waals surface area (Å²) in [4.78, 5) is 17.9. The number of esters is 1. The summed E-state index contributed by atoms with van der Waals surface area (Å²) >= 11 is 0. The molecule has 2 aromatic rings. The Bertz CT molecular complexity index is 589. The number of imidazole rings is 1. The van der Waals surface area contributed by atoms with E-state index in [2.05, 4.69) is 4.98 Å². The maximum absolute atomic E-state index is 11.5. The quantitative estimate of drug-likeness (QED) is 0.787. The van der Waals surface area contributed by atoms with Crippen LogP contribution in [0.15, 0.2) is 24.5 Å². The molecule has 1 unspecified atom stereocenters. The van der Waals surface area contributed by atoms with E-state index in [-0.39, 0.29) is 12.0 Å². The van der Waals surface area contributed by atoms with E-state index < -0.39 is 0 Å². The zero-order chi connectivity index (χ0) is 14.0. The number of nitrogens with zero attached hydrogens (tertiary/aromatic N) is 3. The van der Waals surface area contributed by atoms with Gasteiger partial charge in [-0.25, -0.2) is 4.98 Å². The van der Waals surface area contributed by atoms with Crippen molar-refractivity contribution in [3.8, 4) is 0 Å². The van der Waals surface area contributed by atoms with Crippen molar-refractivity contribution < 1.29 is 9.53 Å². The minimum atomic E-state index is -0.209. The Balaban J connectivity index is 2.35. The van der Waals surface area contributed by atoms with Crippen LogP contribution in [0.25, 0.3) is 11.0 Å². The number of hydrogen-bond acceptors (Lipinski definition) is 4. The Morgan fingerprint density at radius 3 is 2.84 bits per heavy atom. The molecular formula is C14H19N3O2. The molecule has 0 aliphatic carbocycles. The number of methoxy groups -OCH3 is 1. The van der Waals surface area contributed by atoms with E-state index in [1.807, 2.05) is 48.8 Å². The standard InChI is InChI=1S/C14H19N3O2/c1-16(2)13(8-14(18)19-4)10-5-6-12-11(7-10)15-9-17(12)3/h5-7,9,13H,8H2,1-4H3. The van der Waals surface area contributed by atoms with E-state index in [0.29, 0.717) is 6.42 Å². The molecule has 0 saturated heterocycles. The number of hydrogen-bond donors (Lipinski definition) is 0. The van der Waals surface area contributed by atoms with E-state index in [1.54, 1.807) is 6.33 Å². The zero-order valence-electron chi connectivity index (χ0n) is 11.8. The molecule has 0 amide bonds. The van der Waals surface area contributed by atoms with Crippen LogP contribution in [0.2, 0.25) is 0 Å². The third-order valence-corrected chi connectivity index (χ3v) is 3.35. The van der Waals surface area contributed by atoms with Crippen molar-refractivity contribution in [2.45, 2.75) is 12.5 Å². The number of aryl methyl sites for hydroxylation is 1. The largest absolute Gasteiger partial charge is 0.469 e. The first-order valence-electron chi connectivity index (χ1n) is 6.17. The van der Waals surface area contributed by atoms with Gasteiger partial charge >= 0.3 is 5.97 Å². The van der Waals surface area contributed by atoms with Gasteiger partial charge in [-0.2, -0.15) is 0 Å².